The largest absolute Gasteiger partial charge is 0.494 e. The van der Waals surface area contributed by atoms with Crippen LogP contribution >= 0.6 is 23.1 Å². The Kier molecular flexibility index (Phi) is 6.03. The van der Waals surface area contributed by atoms with Crippen molar-refractivity contribution in [1.82, 2.24) is 15.4 Å². The maximum Gasteiger partial charge on any atom is 0.279 e. The molecule has 7 nitrogen and oxygen atoms in total. The number of carbonyl (C=O) groups excluding carboxylic acids is 1. The summed E-state index contributed by atoms with van der Waals surface area (Å²) in [5.74, 6) is 1.60. The molecule has 0 saturated carbocycles. The third kappa shape index (κ3) is 4.50. The lowest BCUT2D eigenvalue weighted by molar-refractivity contribution is 0.101. The Hall–Kier alpha value is -2.65. The van der Waals surface area contributed by atoms with E-state index in [2.05, 4.69) is 27.2 Å². The molecule has 2 aromatic heterocycles. The van der Waals surface area contributed by atoms with Crippen LogP contribution in [0.15, 0.2) is 51.8 Å². The fraction of sp³-hybridized carbons (Fsp3) is 0.176. The Morgan fingerprint density at radius 1 is 1.38 bits per heavy atom. The molecule has 0 aliphatic rings. The van der Waals surface area contributed by atoms with E-state index >= 15 is 0 Å². The summed E-state index contributed by atoms with van der Waals surface area (Å²) < 4.78 is 11.4. The van der Waals surface area contributed by atoms with E-state index in [1.807, 2.05) is 31.2 Å². The first-order valence-corrected chi connectivity index (χ1v) is 9.58. The first-order valence-electron chi connectivity index (χ1n) is 7.78. The fourth-order valence-electron chi connectivity index (χ4n) is 2.01. The van der Waals surface area contributed by atoms with Crippen molar-refractivity contribution in [3.63, 3.8) is 0 Å². The average Bonchev–Trinajstić information content (AvgIpc) is 3.30. The molecule has 0 aliphatic carbocycles. The van der Waals surface area contributed by atoms with Crippen LogP contribution in [0, 0.1) is 0 Å². The number of benzene rings is 1. The third-order valence-electron chi connectivity index (χ3n) is 3.14. The first-order chi connectivity index (χ1) is 12.7. The highest BCUT2D eigenvalue weighted by atomic mass is 32.2. The fourth-order valence-corrected chi connectivity index (χ4v) is 3.52. The topological polar surface area (TPSA) is 90.1 Å². The van der Waals surface area contributed by atoms with E-state index < -0.39 is 5.91 Å². The predicted octanol–water partition coefficient (Wildman–Crippen LogP) is 4.12. The lowest BCUT2D eigenvalue weighted by Gasteiger charge is -2.02. The van der Waals surface area contributed by atoms with Gasteiger partial charge >= 0.3 is 0 Å². The number of thioether (sulfide) groups is 1. The van der Waals surface area contributed by atoms with Gasteiger partial charge in [-0.3, -0.25) is 10.1 Å². The van der Waals surface area contributed by atoms with Crippen LogP contribution in [0.4, 0.5) is 5.13 Å². The van der Waals surface area contributed by atoms with Crippen LogP contribution in [0.5, 0.6) is 5.75 Å². The summed E-state index contributed by atoms with van der Waals surface area (Å²) in [6, 6.07) is 8.96. The molecule has 0 atom stereocenters. The molecular weight excluding hydrogens is 372 g/mol. The molecule has 0 aliphatic heterocycles. The average molecular weight is 388 g/mol. The van der Waals surface area contributed by atoms with E-state index in [9.17, 15) is 4.79 Å². The van der Waals surface area contributed by atoms with Gasteiger partial charge in [-0.2, -0.15) is 0 Å². The Labute approximate surface area is 158 Å². The second-order valence-electron chi connectivity index (χ2n) is 4.96. The lowest BCUT2D eigenvalue weighted by atomic mass is 10.1. The van der Waals surface area contributed by atoms with Gasteiger partial charge in [0.1, 0.15) is 5.75 Å². The van der Waals surface area contributed by atoms with Crippen molar-refractivity contribution in [3.8, 4) is 17.1 Å². The van der Waals surface area contributed by atoms with Crippen LogP contribution in [0.2, 0.25) is 0 Å². The summed E-state index contributed by atoms with van der Waals surface area (Å²) >= 11 is 2.80. The number of hydrogen-bond acceptors (Lipinski definition) is 8. The third-order valence-corrected chi connectivity index (χ3v) is 5.11. The SMILES string of the molecule is C=CCSc1nnc(NC(=O)c2cc(-c3ccc(OCC)cc3)on2)s1. The minimum Gasteiger partial charge on any atom is -0.494 e. The van der Waals surface area contributed by atoms with Gasteiger partial charge in [0, 0.05) is 17.4 Å². The number of carbonyl (C=O) groups is 1. The molecule has 2 heterocycles. The van der Waals surface area contributed by atoms with Crippen LogP contribution in [0.25, 0.3) is 11.3 Å². The zero-order chi connectivity index (χ0) is 18.4. The number of ether oxygens (including phenoxy) is 1. The number of hydrogen-bond donors (Lipinski definition) is 1. The Morgan fingerprint density at radius 2 is 2.19 bits per heavy atom. The minimum atomic E-state index is -0.401. The van der Waals surface area contributed by atoms with Crippen molar-refractivity contribution in [2.24, 2.45) is 0 Å². The molecular formula is C17H16N4O3S2. The number of rotatable bonds is 8. The number of nitrogens with zero attached hydrogens (tertiary/aromatic N) is 3. The summed E-state index contributed by atoms with van der Waals surface area (Å²) in [5, 5.41) is 14.8. The van der Waals surface area contributed by atoms with Gasteiger partial charge in [-0.1, -0.05) is 34.3 Å². The van der Waals surface area contributed by atoms with Crippen LogP contribution in [0.1, 0.15) is 17.4 Å². The number of aromatic nitrogens is 3. The van der Waals surface area contributed by atoms with E-state index in [0.717, 1.165) is 21.4 Å². The molecule has 0 spiro atoms. The second-order valence-corrected chi connectivity index (χ2v) is 7.21. The van der Waals surface area contributed by atoms with E-state index in [4.69, 9.17) is 9.26 Å². The zero-order valence-corrected chi connectivity index (χ0v) is 15.6. The van der Waals surface area contributed by atoms with Crippen LogP contribution in [-0.2, 0) is 0 Å². The van der Waals surface area contributed by atoms with Crippen LogP contribution < -0.4 is 10.1 Å². The van der Waals surface area contributed by atoms with Gasteiger partial charge < -0.3 is 9.26 Å². The number of amides is 1. The van der Waals surface area contributed by atoms with Gasteiger partial charge in [-0.25, -0.2) is 0 Å². The summed E-state index contributed by atoms with van der Waals surface area (Å²) in [6.45, 7) is 6.18. The standard InChI is InChI=1S/C17H16N4O3S2/c1-3-9-25-17-20-19-16(26-17)18-15(22)13-10-14(24-21-13)11-5-7-12(8-6-11)23-4-2/h3,5-8,10H,1,4,9H2,2H3,(H,18,19,22). The summed E-state index contributed by atoms with van der Waals surface area (Å²) in [5.41, 5.74) is 0.975. The molecule has 26 heavy (non-hydrogen) atoms. The van der Waals surface area contributed by atoms with Crippen molar-refractivity contribution in [3.05, 3.63) is 48.7 Å². The highest BCUT2D eigenvalue weighted by Gasteiger charge is 2.16. The van der Waals surface area contributed by atoms with E-state index in [0.29, 0.717) is 17.5 Å². The monoisotopic (exact) mass is 388 g/mol. The van der Waals surface area contributed by atoms with Gasteiger partial charge in [0.2, 0.25) is 5.13 Å². The number of nitrogens with one attached hydrogen (secondary N) is 1. The first kappa shape index (κ1) is 18.2. The molecule has 1 aromatic carbocycles. The maximum atomic E-state index is 12.3. The van der Waals surface area contributed by atoms with Crippen LogP contribution in [0.3, 0.4) is 0 Å². The molecule has 134 valence electrons. The smallest absolute Gasteiger partial charge is 0.279 e. The quantitative estimate of drug-likeness (QED) is 0.352. The lowest BCUT2D eigenvalue weighted by Crippen LogP contribution is -2.11. The van der Waals surface area contributed by atoms with Gasteiger partial charge in [0.25, 0.3) is 5.91 Å². The van der Waals surface area contributed by atoms with Crippen molar-refractivity contribution >= 4 is 34.1 Å². The minimum absolute atomic E-state index is 0.171. The maximum absolute atomic E-state index is 12.3. The van der Waals surface area contributed by atoms with Gasteiger partial charge in [0.15, 0.2) is 15.8 Å². The van der Waals surface area contributed by atoms with Crippen molar-refractivity contribution in [2.45, 2.75) is 11.3 Å². The normalized spacial score (nSPS) is 10.5. The van der Waals surface area contributed by atoms with Gasteiger partial charge in [-0.05, 0) is 31.2 Å². The Balaban J connectivity index is 1.65. The molecule has 1 amide bonds. The summed E-state index contributed by atoms with van der Waals surface area (Å²) in [4.78, 5) is 12.3. The van der Waals surface area contributed by atoms with Gasteiger partial charge in [-0.15, -0.1) is 16.8 Å². The predicted molar refractivity (Wildman–Crippen MR) is 102 cm³/mol. The van der Waals surface area contributed by atoms with E-state index in [1.165, 1.54) is 23.1 Å². The van der Waals surface area contributed by atoms with Crippen LogP contribution in [-0.4, -0.2) is 33.6 Å². The van der Waals surface area contributed by atoms with Crippen molar-refractivity contribution < 1.29 is 14.1 Å². The summed E-state index contributed by atoms with van der Waals surface area (Å²) in [7, 11) is 0. The van der Waals surface area contributed by atoms with Crippen molar-refractivity contribution in [1.29, 1.82) is 0 Å². The molecule has 3 aromatic rings. The second kappa shape index (κ2) is 8.63. The highest BCUT2D eigenvalue weighted by Crippen LogP contribution is 2.26. The highest BCUT2D eigenvalue weighted by molar-refractivity contribution is 8.01. The molecule has 0 saturated heterocycles. The molecule has 3 rings (SSSR count). The Bertz CT molecular complexity index is 890. The summed E-state index contributed by atoms with van der Waals surface area (Å²) in [6.07, 6.45) is 1.78. The Morgan fingerprint density at radius 3 is 2.92 bits per heavy atom. The molecule has 0 radical (unpaired) electrons. The van der Waals surface area contributed by atoms with E-state index in [1.54, 1.807) is 12.1 Å². The zero-order valence-electron chi connectivity index (χ0n) is 14.0. The van der Waals surface area contributed by atoms with Gasteiger partial charge in [0.05, 0.1) is 6.61 Å². The van der Waals surface area contributed by atoms with Crippen molar-refractivity contribution in [2.75, 3.05) is 17.7 Å². The molecule has 0 fully saturated rings. The van der Waals surface area contributed by atoms with E-state index in [-0.39, 0.29) is 5.69 Å². The molecule has 0 unspecified atom stereocenters. The molecule has 1 N–H and O–H groups in total. The molecule has 0 bridgehead atoms. The number of anilines is 1. The molecule has 9 heteroatoms.